The van der Waals surface area contributed by atoms with E-state index in [1.807, 2.05) is 6.92 Å². The number of amides is 1. The normalized spacial score (nSPS) is 10.5. The van der Waals surface area contributed by atoms with Crippen molar-refractivity contribution in [2.24, 2.45) is 0 Å². The van der Waals surface area contributed by atoms with Crippen LogP contribution >= 0.6 is 11.3 Å². The molecule has 6 nitrogen and oxygen atoms in total. The molecule has 0 radical (unpaired) electrons. The number of rotatable bonds is 3. The second-order valence-electron chi connectivity index (χ2n) is 3.67. The summed E-state index contributed by atoms with van der Waals surface area (Å²) in [6, 6.07) is 0. The molecule has 0 atom stereocenters. The first kappa shape index (κ1) is 11.6. The highest BCUT2D eigenvalue weighted by molar-refractivity contribution is 7.17. The molecular weight excluding hydrogens is 238 g/mol. The van der Waals surface area contributed by atoms with Crippen LogP contribution in [0.15, 0.2) is 6.20 Å². The van der Waals surface area contributed by atoms with Crippen molar-refractivity contribution in [3.63, 3.8) is 0 Å². The number of thiazole rings is 1. The molecule has 17 heavy (non-hydrogen) atoms. The lowest BCUT2D eigenvalue weighted by molar-refractivity contribution is 0.0954. The number of aromatic amines is 1. The molecule has 0 fully saturated rings. The van der Waals surface area contributed by atoms with Gasteiger partial charge < -0.3 is 11.1 Å². The number of nitrogen functional groups attached to an aromatic ring is 1. The maximum atomic E-state index is 11.9. The van der Waals surface area contributed by atoms with E-state index >= 15 is 0 Å². The molecule has 0 saturated heterocycles. The number of carbonyl (C=O) groups is 1. The summed E-state index contributed by atoms with van der Waals surface area (Å²) in [7, 11) is 0. The molecule has 2 heterocycles. The Labute approximate surface area is 102 Å². The molecule has 90 valence electrons. The van der Waals surface area contributed by atoms with Gasteiger partial charge in [0.05, 0.1) is 11.9 Å². The number of H-pyrrole nitrogens is 1. The maximum absolute atomic E-state index is 11.9. The Kier molecular flexibility index (Phi) is 3.10. The van der Waals surface area contributed by atoms with Gasteiger partial charge in [-0.25, -0.2) is 4.98 Å². The van der Waals surface area contributed by atoms with Gasteiger partial charge in [0, 0.05) is 17.8 Å². The lowest BCUT2D eigenvalue weighted by Gasteiger charge is -2.02. The van der Waals surface area contributed by atoms with Crippen LogP contribution in [0.25, 0.3) is 0 Å². The van der Waals surface area contributed by atoms with Gasteiger partial charge in [-0.15, -0.1) is 0 Å². The molecule has 0 aliphatic heterocycles. The molecule has 7 heteroatoms. The molecule has 0 saturated carbocycles. The number of aryl methyl sites for hydroxylation is 2. The predicted molar refractivity (Wildman–Crippen MR) is 65.8 cm³/mol. The number of nitrogens with one attached hydrogen (secondary N) is 2. The third-order valence-corrected chi connectivity index (χ3v) is 3.38. The van der Waals surface area contributed by atoms with Crippen molar-refractivity contribution in [2.75, 3.05) is 5.73 Å². The average molecular weight is 251 g/mol. The zero-order chi connectivity index (χ0) is 12.4. The SMILES string of the molecule is Cc1nc(N)sc1C(=O)NCc1cn[nH]c1C. The summed E-state index contributed by atoms with van der Waals surface area (Å²) in [5.74, 6) is -0.155. The number of nitrogens with two attached hydrogens (primary N) is 1. The Morgan fingerprint density at radius 1 is 1.59 bits per heavy atom. The van der Waals surface area contributed by atoms with Crippen LogP contribution < -0.4 is 11.1 Å². The second kappa shape index (κ2) is 4.54. The number of hydrogen-bond acceptors (Lipinski definition) is 5. The molecule has 0 aliphatic carbocycles. The Balaban J connectivity index is 2.03. The van der Waals surface area contributed by atoms with E-state index in [4.69, 9.17) is 5.73 Å². The van der Waals surface area contributed by atoms with Crippen LogP contribution in [-0.4, -0.2) is 21.1 Å². The van der Waals surface area contributed by atoms with Gasteiger partial charge in [0.25, 0.3) is 5.91 Å². The van der Waals surface area contributed by atoms with Crippen LogP contribution in [0.5, 0.6) is 0 Å². The molecular formula is C10H13N5OS. The van der Waals surface area contributed by atoms with Crippen LogP contribution in [0, 0.1) is 13.8 Å². The average Bonchev–Trinajstić information content (AvgIpc) is 2.81. The third kappa shape index (κ3) is 2.44. The van der Waals surface area contributed by atoms with Crippen molar-refractivity contribution in [2.45, 2.75) is 20.4 Å². The zero-order valence-corrected chi connectivity index (χ0v) is 10.4. The minimum Gasteiger partial charge on any atom is -0.375 e. The first-order chi connectivity index (χ1) is 8.08. The largest absolute Gasteiger partial charge is 0.375 e. The molecule has 0 aliphatic rings. The van der Waals surface area contributed by atoms with E-state index in [0.29, 0.717) is 22.2 Å². The number of aromatic nitrogens is 3. The van der Waals surface area contributed by atoms with Crippen molar-refractivity contribution in [1.29, 1.82) is 0 Å². The van der Waals surface area contributed by atoms with Crippen LogP contribution in [0.4, 0.5) is 5.13 Å². The Morgan fingerprint density at radius 2 is 2.35 bits per heavy atom. The van der Waals surface area contributed by atoms with Gasteiger partial charge in [-0.3, -0.25) is 9.89 Å². The monoisotopic (exact) mass is 251 g/mol. The van der Waals surface area contributed by atoms with E-state index in [0.717, 1.165) is 11.3 Å². The predicted octanol–water partition coefficient (Wildman–Crippen LogP) is 0.995. The number of anilines is 1. The van der Waals surface area contributed by atoms with Gasteiger partial charge in [0.2, 0.25) is 0 Å². The van der Waals surface area contributed by atoms with E-state index in [-0.39, 0.29) is 5.91 Å². The summed E-state index contributed by atoms with van der Waals surface area (Å²) >= 11 is 1.20. The summed E-state index contributed by atoms with van der Waals surface area (Å²) in [6.45, 7) is 4.12. The van der Waals surface area contributed by atoms with Crippen molar-refractivity contribution < 1.29 is 4.79 Å². The summed E-state index contributed by atoms with van der Waals surface area (Å²) in [4.78, 5) is 16.4. The van der Waals surface area contributed by atoms with Gasteiger partial charge >= 0.3 is 0 Å². The highest BCUT2D eigenvalue weighted by atomic mass is 32.1. The summed E-state index contributed by atoms with van der Waals surface area (Å²) < 4.78 is 0. The fourth-order valence-corrected chi connectivity index (χ4v) is 2.19. The van der Waals surface area contributed by atoms with Gasteiger partial charge in [-0.05, 0) is 13.8 Å². The number of carbonyl (C=O) groups excluding carboxylic acids is 1. The third-order valence-electron chi connectivity index (χ3n) is 2.39. The number of nitrogens with zero attached hydrogens (tertiary/aromatic N) is 2. The molecule has 2 aromatic heterocycles. The molecule has 0 bridgehead atoms. The standard InChI is InChI=1S/C10H13N5OS/c1-5-7(4-13-15-5)3-12-9(16)8-6(2)14-10(11)17-8/h4H,3H2,1-2H3,(H2,11,14)(H,12,16)(H,13,15). The highest BCUT2D eigenvalue weighted by Gasteiger charge is 2.14. The molecule has 2 aromatic rings. The van der Waals surface area contributed by atoms with Crippen molar-refractivity contribution in [3.8, 4) is 0 Å². The molecule has 2 rings (SSSR count). The van der Waals surface area contributed by atoms with Gasteiger partial charge in [-0.1, -0.05) is 11.3 Å². The first-order valence-electron chi connectivity index (χ1n) is 5.08. The van der Waals surface area contributed by atoms with E-state index in [9.17, 15) is 4.79 Å². The molecule has 4 N–H and O–H groups in total. The smallest absolute Gasteiger partial charge is 0.263 e. The van der Waals surface area contributed by atoms with Crippen LogP contribution in [0.3, 0.4) is 0 Å². The van der Waals surface area contributed by atoms with Crippen molar-refractivity contribution in [1.82, 2.24) is 20.5 Å². The maximum Gasteiger partial charge on any atom is 0.263 e. The Morgan fingerprint density at radius 3 is 2.88 bits per heavy atom. The quantitative estimate of drug-likeness (QED) is 0.758. The van der Waals surface area contributed by atoms with E-state index < -0.39 is 0 Å². The van der Waals surface area contributed by atoms with Crippen molar-refractivity contribution in [3.05, 3.63) is 28.0 Å². The fourth-order valence-electron chi connectivity index (χ4n) is 1.44. The van der Waals surface area contributed by atoms with E-state index in [2.05, 4.69) is 20.5 Å². The van der Waals surface area contributed by atoms with Crippen LogP contribution in [-0.2, 0) is 6.54 Å². The summed E-state index contributed by atoms with van der Waals surface area (Å²) in [5.41, 5.74) is 8.12. The lowest BCUT2D eigenvalue weighted by atomic mass is 10.2. The molecule has 1 amide bonds. The molecule has 0 aromatic carbocycles. The first-order valence-corrected chi connectivity index (χ1v) is 5.89. The Hall–Kier alpha value is -1.89. The van der Waals surface area contributed by atoms with Gasteiger partial charge in [0.1, 0.15) is 4.88 Å². The molecule has 0 spiro atoms. The highest BCUT2D eigenvalue weighted by Crippen LogP contribution is 2.19. The fraction of sp³-hybridized carbons (Fsp3) is 0.300. The topological polar surface area (TPSA) is 96.7 Å². The molecule has 0 unspecified atom stereocenters. The minimum atomic E-state index is -0.155. The van der Waals surface area contributed by atoms with Crippen LogP contribution in [0.1, 0.15) is 26.6 Å². The van der Waals surface area contributed by atoms with E-state index in [1.165, 1.54) is 11.3 Å². The lowest BCUT2D eigenvalue weighted by Crippen LogP contribution is -2.22. The summed E-state index contributed by atoms with van der Waals surface area (Å²) in [6.07, 6.45) is 1.70. The van der Waals surface area contributed by atoms with Gasteiger partial charge in [0.15, 0.2) is 5.13 Å². The zero-order valence-electron chi connectivity index (χ0n) is 9.57. The van der Waals surface area contributed by atoms with Crippen molar-refractivity contribution >= 4 is 22.4 Å². The van der Waals surface area contributed by atoms with Crippen LogP contribution in [0.2, 0.25) is 0 Å². The van der Waals surface area contributed by atoms with E-state index in [1.54, 1.807) is 13.1 Å². The Bertz CT molecular complexity index is 545. The van der Waals surface area contributed by atoms with Gasteiger partial charge in [-0.2, -0.15) is 5.10 Å². The number of hydrogen-bond donors (Lipinski definition) is 3. The minimum absolute atomic E-state index is 0.155. The second-order valence-corrected chi connectivity index (χ2v) is 4.70. The summed E-state index contributed by atoms with van der Waals surface area (Å²) in [5, 5.41) is 9.93.